The molecule has 2 aromatic heterocycles. The number of halogens is 2. The van der Waals surface area contributed by atoms with Gasteiger partial charge in [-0.3, -0.25) is 9.36 Å². The second-order valence-electron chi connectivity index (χ2n) is 6.80. The summed E-state index contributed by atoms with van der Waals surface area (Å²) in [4.78, 5) is 0. The van der Waals surface area contributed by atoms with Gasteiger partial charge in [-0.05, 0) is 58.5 Å². The van der Waals surface area contributed by atoms with Gasteiger partial charge in [0.15, 0.2) is 0 Å². The van der Waals surface area contributed by atoms with Crippen molar-refractivity contribution < 1.29 is 14.1 Å². The Morgan fingerprint density at radius 1 is 1.29 bits per heavy atom. The van der Waals surface area contributed by atoms with Crippen molar-refractivity contribution in [2.45, 2.75) is 32.8 Å². The monoisotopic (exact) mass is 448 g/mol. The van der Waals surface area contributed by atoms with Gasteiger partial charge in [-0.2, -0.15) is 10.2 Å². The summed E-state index contributed by atoms with van der Waals surface area (Å²) in [6.07, 6.45) is 3.65. The van der Waals surface area contributed by atoms with Crippen molar-refractivity contribution in [1.82, 2.24) is 19.6 Å². The van der Waals surface area contributed by atoms with Gasteiger partial charge in [-0.1, -0.05) is 13.0 Å². The normalized spacial score (nSPS) is 15.4. The summed E-state index contributed by atoms with van der Waals surface area (Å²) in [7, 11) is 3.02. The van der Waals surface area contributed by atoms with Gasteiger partial charge in [-0.15, -0.1) is 0 Å². The van der Waals surface area contributed by atoms with E-state index < -0.39 is 7.12 Å². The summed E-state index contributed by atoms with van der Waals surface area (Å²) < 4.78 is 22.5. The molecular formula is C19H23BBrFN4O2. The maximum absolute atomic E-state index is 12.7. The first-order valence-corrected chi connectivity index (χ1v) is 9.90. The van der Waals surface area contributed by atoms with Gasteiger partial charge < -0.3 is 9.68 Å². The molecule has 0 aliphatic carbocycles. The maximum Gasteiger partial charge on any atom is 0.491 e. The highest BCUT2D eigenvalue weighted by atomic mass is 79.9. The van der Waals surface area contributed by atoms with Gasteiger partial charge in [0.2, 0.25) is 0 Å². The molecule has 1 N–H and O–H groups in total. The van der Waals surface area contributed by atoms with Crippen LogP contribution in [0, 0.1) is 5.82 Å². The van der Waals surface area contributed by atoms with E-state index in [0.717, 1.165) is 28.7 Å². The first-order valence-electron chi connectivity index (χ1n) is 9.11. The van der Waals surface area contributed by atoms with Gasteiger partial charge in [0.05, 0.1) is 11.8 Å². The van der Waals surface area contributed by atoms with E-state index in [1.807, 2.05) is 29.7 Å². The fraction of sp³-hybridized carbons (Fsp3) is 0.368. The third kappa shape index (κ3) is 4.53. The van der Waals surface area contributed by atoms with E-state index in [0.29, 0.717) is 5.46 Å². The van der Waals surface area contributed by atoms with Crippen molar-refractivity contribution in [3.8, 4) is 0 Å². The molecule has 0 fully saturated rings. The standard InChI is InChI=1S/C11H15BrN4.C8H8BFO2/c1-4-9-6-10(16(3)13-9)5-8-7-15(2)14-11(8)12;1-5-7-4-6(10)2-3-8(7)9(11)12-5/h6-7H,4-5H2,1-3H3;2-5,11H,1H3/t;5-/m.1/s1. The van der Waals surface area contributed by atoms with Crippen LogP contribution in [0.5, 0.6) is 0 Å². The Balaban J connectivity index is 0.000000167. The Hall–Kier alpha value is -1.97. The molecule has 0 saturated carbocycles. The van der Waals surface area contributed by atoms with Crippen LogP contribution in [-0.4, -0.2) is 31.7 Å². The molecule has 6 nitrogen and oxygen atoms in total. The lowest BCUT2D eigenvalue weighted by atomic mass is 9.79. The molecule has 0 spiro atoms. The lowest BCUT2D eigenvalue weighted by Crippen LogP contribution is -2.27. The summed E-state index contributed by atoms with van der Waals surface area (Å²) in [6.45, 7) is 3.90. The highest BCUT2D eigenvalue weighted by Gasteiger charge is 2.32. The van der Waals surface area contributed by atoms with E-state index in [1.165, 1.54) is 23.4 Å². The topological polar surface area (TPSA) is 65.1 Å². The number of nitrogens with zero attached hydrogens (tertiary/aromatic N) is 4. The van der Waals surface area contributed by atoms with Crippen LogP contribution in [0.25, 0.3) is 0 Å². The third-order valence-electron chi connectivity index (χ3n) is 4.70. The van der Waals surface area contributed by atoms with Crippen LogP contribution < -0.4 is 5.46 Å². The Labute approximate surface area is 172 Å². The zero-order valence-corrected chi connectivity index (χ0v) is 17.9. The quantitative estimate of drug-likeness (QED) is 0.625. The highest BCUT2D eigenvalue weighted by molar-refractivity contribution is 9.10. The minimum absolute atomic E-state index is 0.217. The van der Waals surface area contributed by atoms with Crippen LogP contribution in [0.3, 0.4) is 0 Å². The first kappa shape index (κ1) is 20.8. The molecule has 4 rings (SSSR count). The van der Waals surface area contributed by atoms with Gasteiger partial charge in [-0.25, -0.2) is 4.39 Å². The Morgan fingerprint density at radius 2 is 2.04 bits per heavy atom. The molecule has 0 radical (unpaired) electrons. The molecular weight excluding hydrogens is 426 g/mol. The molecule has 148 valence electrons. The fourth-order valence-electron chi connectivity index (χ4n) is 3.20. The Bertz CT molecular complexity index is 975. The zero-order valence-electron chi connectivity index (χ0n) is 16.4. The molecule has 1 aliphatic rings. The van der Waals surface area contributed by atoms with Gasteiger partial charge >= 0.3 is 7.12 Å². The van der Waals surface area contributed by atoms with Crippen LogP contribution in [0.2, 0.25) is 0 Å². The number of rotatable bonds is 3. The van der Waals surface area contributed by atoms with Crippen molar-refractivity contribution in [3.05, 3.63) is 63.4 Å². The second kappa shape index (κ2) is 8.59. The number of aryl methyl sites for hydroxylation is 3. The second-order valence-corrected chi connectivity index (χ2v) is 7.55. The van der Waals surface area contributed by atoms with Crippen molar-refractivity contribution in [3.63, 3.8) is 0 Å². The predicted octanol–water partition coefficient (Wildman–Crippen LogP) is 2.67. The lowest BCUT2D eigenvalue weighted by molar-refractivity contribution is 0.208. The molecule has 1 atom stereocenters. The number of aromatic nitrogens is 4. The maximum atomic E-state index is 12.7. The van der Waals surface area contributed by atoms with Gasteiger partial charge in [0, 0.05) is 38.0 Å². The molecule has 1 aliphatic heterocycles. The molecule has 3 heterocycles. The molecule has 0 saturated heterocycles. The zero-order chi connectivity index (χ0) is 20.4. The number of fused-ring (bicyclic) bond motifs is 1. The average Bonchev–Trinajstić information content (AvgIpc) is 3.25. The van der Waals surface area contributed by atoms with Crippen LogP contribution in [-0.2, 0) is 31.6 Å². The summed E-state index contributed by atoms with van der Waals surface area (Å²) in [5.41, 5.74) is 4.95. The van der Waals surface area contributed by atoms with E-state index in [1.54, 1.807) is 13.0 Å². The SMILES string of the molecule is CCc1cc(Cc2cn(C)nc2Br)n(C)n1.C[C@H]1OB(O)c2ccc(F)cc21. The highest BCUT2D eigenvalue weighted by Crippen LogP contribution is 2.22. The molecule has 0 bridgehead atoms. The number of hydrogen-bond acceptors (Lipinski definition) is 4. The molecule has 9 heteroatoms. The first-order chi connectivity index (χ1) is 13.3. The molecule has 3 aromatic rings. The molecule has 0 unspecified atom stereocenters. The van der Waals surface area contributed by atoms with Crippen molar-refractivity contribution in [2.75, 3.05) is 0 Å². The Kier molecular flexibility index (Phi) is 6.37. The summed E-state index contributed by atoms with van der Waals surface area (Å²) >= 11 is 3.46. The van der Waals surface area contributed by atoms with E-state index in [-0.39, 0.29) is 11.9 Å². The molecule has 0 amide bonds. The van der Waals surface area contributed by atoms with Crippen LogP contribution in [0.4, 0.5) is 4.39 Å². The number of benzene rings is 1. The molecule has 1 aromatic carbocycles. The van der Waals surface area contributed by atoms with E-state index in [2.05, 4.69) is 39.1 Å². The predicted molar refractivity (Wildman–Crippen MR) is 110 cm³/mol. The summed E-state index contributed by atoms with van der Waals surface area (Å²) in [5.74, 6) is -0.293. The van der Waals surface area contributed by atoms with E-state index in [4.69, 9.17) is 4.65 Å². The minimum Gasteiger partial charge on any atom is -0.423 e. The smallest absolute Gasteiger partial charge is 0.423 e. The van der Waals surface area contributed by atoms with Crippen LogP contribution in [0.15, 0.2) is 35.1 Å². The van der Waals surface area contributed by atoms with Gasteiger partial charge in [0.25, 0.3) is 0 Å². The van der Waals surface area contributed by atoms with Crippen LogP contribution >= 0.6 is 15.9 Å². The third-order valence-corrected chi connectivity index (χ3v) is 5.37. The van der Waals surface area contributed by atoms with Crippen molar-refractivity contribution >= 4 is 28.5 Å². The van der Waals surface area contributed by atoms with Crippen molar-refractivity contribution in [1.29, 1.82) is 0 Å². The van der Waals surface area contributed by atoms with E-state index >= 15 is 0 Å². The summed E-state index contributed by atoms with van der Waals surface area (Å²) in [5, 5.41) is 18.0. The van der Waals surface area contributed by atoms with Crippen LogP contribution in [0.1, 0.15) is 42.5 Å². The number of hydrogen-bond donors (Lipinski definition) is 1. The van der Waals surface area contributed by atoms with E-state index in [9.17, 15) is 9.41 Å². The fourth-order valence-corrected chi connectivity index (χ4v) is 3.69. The van der Waals surface area contributed by atoms with Gasteiger partial charge in [0.1, 0.15) is 10.4 Å². The average molecular weight is 449 g/mol. The minimum atomic E-state index is -0.893. The summed E-state index contributed by atoms with van der Waals surface area (Å²) in [6, 6.07) is 6.43. The Morgan fingerprint density at radius 3 is 2.64 bits per heavy atom. The lowest BCUT2D eigenvalue weighted by Gasteiger charge is -2.02. The largest absolute Gasteiger partial charge is 0.491 e. The molecule has 28 heavy (non-hydrogen) atoms. The van der Waals surface area contributed by atoms with Crippen molar-refractivity contribution in [2.24, 2.45) is 14.1 Å².